The summed E-state index contributed by atoms with van der Waals surface area (Å²) in [5.41, 5.74) is 0.696. The number of hydrogen-bond acceptors (Lipinski definition) is 3. The van der Waals surface area contributed by atoms with Gasteiger partial charge in [-0.3, -0.25) is 4.79 Å². The van der Waals surface area contributed by atoms with E-state index in [-0.39, 0.29) is 11.8 Å². The van der Waals surface area contributed by atoms with E-state index in [4.69, 9.17) is 0 Å². The van der Waals surface area contributed by atoms with Gasteiger partial charge in [-0.15, -0.1) is 11.3 Å². The Labute approximate surface area is 138 Å². The first-order valence-electron chi connectivity index (χ1n) is 5.70. The van der Waals surface area contributed by atoms with E-state index >= 15 is 0 Å². The van der Waals surface area contributed by atoms with Crippen LogP contribution in [0.25, 0.3) is 0 Å². The van der Waals surface area contributed by atoms with Crippen molar-refractivity contribution in [2.24, 2.45) is 0 Å². The molecule has 1 unspecified atom stereocenters. The van der Waals surface area contributed by atoms with Gasteiger partial charge in [-0.25, -0.2) is 4.98 Å². The van der Waals surface area contributed by atoms with Gasteiger partial charge in [0.15, 0.2) is 0 Å². The normalized spacial score (nSPS) is 12.2. The van der Waals surface area contributed by atoms with Crippen molar-refractivity contribution in [3.8, 4) is 0 Å². The number of aromatic nitrogens is 1. The molecule has 19 heavy (non-hydrogen) atoms. The highest BCUT2D eigenvalue weighted by molar-refractivity contribution is 14.1. The number of rotatable bonds is 4. The van der Waals surface area contributed by atoms with Crippen LogP contribution < -0.4 is 5.32 Å². The van der Waals surface area contributed by atoms with Crippen molar-refractivity contribution in [2.45, 2.75) is 12.8 Å². The highest BCUT2D eigenvalue weighted by atomic mass is 127. The molecule has 1 amide bonds. The molecule has 0 bridgehead atoms. The minimum Gasteiger partial charge on any atom is -0.351 e. The van der Waals surface area contributed by atoms with Crippen molar-refractivity contribution in [1.82, 2.24) is 10.3 Å². The SMILES string of the molecule is CC(CNC(=O)c1cc(Br)ccc1I)c1nccs1. The highest BCUT2D eigenvalue weighted by Crippen LogP contribution is 2.19. The lowest BCUT2D eigenvalue weighted by Crippen LogP contribution is -2.28. The zero-order chi connectivity index (χ0) is 13.8. The summed E-state index contributed by atoms with van der Waals surface area (Å²) in [7, 11) is 0. The smallest absolute Gasteiger partial charge is 0.252 e. The number of halogens is 2. The molecule has 0 aliphatic carbocycles. The Kier molecular flexibility index (Phi) is 5.35. The molecule has 1 atom stereocenters. The predicted octanol–water partition coefficient (Wildman–Crippen LogP) is 4.04. The lowest BCUT2D eigenvalue weighted by Gasteiger charge is -2.11. The topological polar surface area (TPSA) is 42.0 Å². The Balaban J connectivity index is 2.00. The molecule has 1 heterocycles. The average Bonchev–Trinajstić information content (AvgIpc) is 2.92. The fraction of sp³-hybridized carbons (Fsp3) is 0.231. The summed E-state index contributed by atoms with van der Waals surface area (Å²) in [6.07, 6.45) is 1.79. The van der Waals surface area contributed by atoms with Gasteiger partial charge < -0.3 is 5.32 Å². The average molecular weight is 451 g/mol. The second kappa shape index (κ2) is 6.81. The maximum atomic E-state index is 12.1. The highest BCUT2D eigenvalue weighted by Gasteiger charge is 2.13. The van der Waals surface area contributed by atoms with E-state index in [9.17, 15) is 4.79 Å². The molecule has 0 spiro atoms. The Morgan fingerprint density at radius 1 is 1.58 bits per heavy atom. The summed E-state index contributed by atoms with van der Waals surface area (Å²) in [6.45, 7) is 2.65. The van der Waals surface area contributed by atoms with E-state index < -0.39 is 0 Å². The van der Waals surface area contributed by atoms with Gasteiger partial charge in [-0.2, -0.15) is 0 Å². The second-order valence-electron chi connectivity index (χ2n) is 4.11. The number of benzene rings is 1. The molecule has 1 aromatic carbocycles. The molecule has 2 rings (SSSR count). The van der Waals surface area contributed by atoms with Crippen LogP contribution in [-0.2, 0) is 0 Å². The van der Waals surface area contributed by atoms with Gasteiger partial charge in [0.1, 0.15) is 0 Å². The van der Waals surface area contributed by atoms with Crippen molar-refractivity contribution in [2.75, 3.05) is 6.54 Å². The van der Waals surface area contributed by atoms with Crippen LogP contribution in [0.3, 0.4) is 0 Å². The van der Waals surface area contributed by atoms with E-state index in [0.29, 0.717) is 12.1 Å². The Morgan fingerprint density at radius 2 is 2.37 bits per heavy atom. The maximum absolute atomic E-state index is 12.1. The predicted molar refractivity (Wildman–Crippen MR) is 89.7 cm³/mol. The van der Waals surface area contributed by atoms with Crippen molar-refractivity contribution < 1.29 is 4.79 Å². The summed E-state index contributed by atoms with van der Waals surface area (Å²) >= 11 is 7.17. The van der Waals surface area contributed by atoms with Crippen LogP contribution in [0.15, 0.2) is 34.2 Å². The molecule has 0 aliphatic rings. The molecule has 1 N–H and O–H groups in total. The van der Waals surface area contributed by atoms with Crippen LogP contribution in [-0.4, -0.2) is 17.4 Å². The van der Waals surface area contributed by atoms with E-state index in [0.717, 1.165) is 13.1 Å². The summed E-state index contributed by atoms with van der Waals surface area (Å²) < 4.78 is 1.85. The van der Waals surface area contributed by atoms with E-state index in [1.54, 1.807) is 17.5 Å². The first-order valence-corrected chi connectivity index (χ1v) is 8.45. The second-order valence-corrected chi connectivity index (χ2v) is 7.11. The van der Waals surface area contributed by atoms with Gasteiger partial charge in [0.25, 0.3) is 5.91 Å². The van der Waals surface area contributed by atoms with Gasteiger partial charge in [-0.05, 0) is 40.8 Å². The Hall–Kier alpha value is -0.470. The molecule has 0 fully saturated rings. The van der Waals surface area contributed by atoms with Gasteiger partial charge in [-0.1, -0.05) is 22.9 Å². The molecule has 100 valence electrons. The van der Waals surface area contributed by atoms with Crippen LogP contribution in [0.2, 0.25) is 0 Å². The van der Waals surface area contributed by atoms with E-state index in [1.165, 1.54) is 0 Å². The lowest BCUT2D eigenvalue weighted by molar-refractivity contribution is 0.0950. The van der Waals surface area contributed by atoms with Gasteiger partial charge >= 0.3 is 0 Å². The number of thiazole rings is 1. The van der Waals surface area contributed by atoms with Gasteiger partial charge in [0.2, 0.25) is 0 Å². The number of nitrogens with one attached hydrogen (secondary N) is 1. The zero-order valence-electron chi connectivity index (χ0n) is 10.2. The Morgan fingerprint density at radius 3 is 3.05 bits per heavy atom. The van der Waals surface area contributed by atoms with E-state index in [1.807, 2.05) is 23.6 Å². The first-order chi connectivity index (χ1) is 9.08. The van der Waals surface area contributed by atoms with Crippen LogP contribution in [0.1, 0.15) is 28.2 Å². The molecule has 1 aromatic heterocycles. The molecule has 3 nitrogen and oxygen atoms in total. The van der Waals surface area contributed by atoms with Crippen LogP contribution in [0.5, 0.6) is 0 Å². The minimum absolute atomic E-state index is 0.0471. The van der Waals surface area contributed by atoms with Crippen molar-refractivity contribution >= 4 is 55.8 Å². The summed E-state index contributed by atoms with van der Waals surface area (Å²) in [5.74, 6) is 0.183. The third kappa shape index (κ3) is 4.00. The maximum Gasteiger partial charge on any atom is 0.252 e. The number of carbonyl (C=O) groups excluding carboxylic acids is 1. The Bertz CT molecular complexity index is 574. The zero-order valence-corrected chi connectivity index (χ0v) is 14.8. The molecule has 6 heteroatoms. The third-order valence-electron chi connectivity index (χ3n) is 2.61. The van der Waals surface area contributed by atoms with E-state index in [2.05, 4.69) is 55.7 Å². The van der Waals surface area contributed by atoms with Crippen molar-refractivity contribution in [1.29, 1.82) is 0 Å². The van der Waals surface area contributed by atoms with Crippen molar-refractivity contribution in [3.63, 3.8) is 0 Å². The lowest BCUT2D eigenvalue weighted by atomic mass is 10.1. The van der Waals surface area contributed by atoms with Crippen LogP contribution in [0.4, 0.5) is 0 Å². The molecule has 0 saturated heterocycles. The third-order valence-corrected chi connectivity index (χ3v) is 5.06. The number of nitrogens with zero attached hydrogens (tertiary/aromatic N) is 1. The largest absolute Gasteiger partial charge is 0.351 e. The summed E-state index contributed by atoms with van der Waals surface area (Å²) in [5, 5.41) is 5.95. The van der Waals surface area contributed by atoms with Crippen LogP contribution in [0, 0.1) is 3.57 Å². The number of carbonyl (C=O) groups is 1. The standard InChI is InChI=1S/C13H12BrIN2OS/c1-8(13-16-4-5-19-13)7-17-12(18)10-6-9(14)2-3-11(10)15/h2-6,8H,7H2,1H3,(H,17,18). The fourth-order valence-corrected chi connectivity index (χ4v) is 3.22. The van der Waals surface area contributed by atoms with Crippen molar-refractivity contribution in [3.05, 3.63) is 48.4 Å². The molecule has 2 aromatic rings. The quantitative estimate of drug-likeness (QED) is 0.714. The summed E-state index contributed by atoms with van der Waals surface area (Å²) in [4.78, 5) is 16.4. The first kappa shape index (κ1) is 14.9. The summed E-state index contributed by atoms with van der Waals surface area (Å²) in [6, 6.07) is 5.69. The van der Waals surface area contributed by atoms with Crippen LogP contribution >= 0.6 is 49.9 Å². The molecular weight excluding hydrogens is 439 g/mol. The molecular formula is C13H12BrIN2OS. The molecule has 0 aliphatic heterocycles. The number of hydrogen-bond donors (Lipinski definition) is 1. The monoisotopic (exact) mass is 450 g/mol. The molecule has 0 saturated carbocycles. The van der Waals surface area contributed by atoms with Gasteiger partial charge in [0.05, 0.1) is 10.6 Å². The van der Waals surface area contributed by atoms with Gasteiger partial charge in [0, 0.05) is 32.1 Å². The fourth-order valence-electron chi connectivity index (χ4n) is 1.58. The number of amides is 1. The minimum atomic E-state index is -0.0471. The molecule has 0 radical (unpaired) electrons.